The Kier molecular flexibility index (Phi) is 5.13. The summed E-state index contributed by atoms with van der Waals surface area (Å²) in [6, 6.07) is 0.103. The molecular weight excluding hydrogens is 344 g/mol. The van der Waals surface area contributed by atoms with E-state index in [2.05, 4.69) is 20.2 Å². The van der Waals surface area contributed by atoms with Crippen molar-refractivity contribution in [2.45, 2.75) is 38.1 Å². The fourth-order valence-corrected chi connectivity index (χ4v) is 4.13. The smallest absolute Gasteiger partial charge is 0.274 e. The van der Waals surface area contributed by atoms with Gasteiger partial charge in [-0.2, -0.15) is 5.10 Å². The first-order chi connectivity index (χ1) is 13.2. The number of nitrogens with one attached hydrogen (secondary N) is 1. The van der Waals surface area contributed by atoms with Crippen LogP contribution in [0.15, 0.2) is 31.0 Å². The topological polar surface area (TPSA) is 95.1 Å². The fourth-order valence-electron chi connectivity index (χ4n) is 4.13. The van der Waals surface area contributed by atoms with Crippen molar-refractivity contribution in [1.29, 1.82) is 0 Å². The number of aromatic nitrogens is 4. The van der Waals surface area contributed by atoms with Crippen molar-refractivity contribution in [3.8, 4) is 0 Å². The molecule has 2 amide bonds. The van der Waals surface area contributed by atoms with Gasteiger partial charge in [0, 0.05) is 50.7 Å². The molecular formula is C19H24N6O2. The Balaban J connectivity index is 1.37. The molecule has 1 N–H and O–H groups in total. The van der Waals surface area contributed by atoms with E-state index in [-0.39, 0.29) is 17.9 Å². The number of rotatable bonds is 5. The monoisotopic (exact) mass is 368 g/mol. The predicted octanol–water partition coefficient (Wildman–Crippen LogP) is 1.29. The number of H-pyrrole nitrogens is 1. The second kappa shape index (κ2) is 7.85. The maximum atomic E-state index is 12.8. The summed E-state index contributed by atoms with van der Waals surface area (Å²) < 4.78 is 0. The van der Waals surface area contributed by atoms with Crippen LogP contribution in [0.4, 0.5) is 0 Å². The van der Waals surface area contributed by atoms with Gasteiger partial charge in [-0.15, -0.1) is 0 Å². The van der Waals surface area contributed by atoms with Crippen LogP contribution in [0.5, 0.6) is 0 Å². The van der Waals surface area contributed by atoms with Gasteiger partial charge in [0.2, 0.25) is 5.91 Å². The number of aryl methyl sites for hydroxylation is 1. The molecule has 2 atom stereocenters. The molecule has 3 fully saturated rings. The second-order valence-electron chi connectivity index (χ2n) is 7.40. The minimum atomic E-state index is -0.0887. The SMILES string of the molecule is O=C(c1cnccn1)N1C[C@@H]2CC[C@H](C1)N(C(=O)CCCc1cn[nH]c1)C2. The number of hydrogen-bond acceptors (Lipinski definition) is 5. The summed E-state index contributed by atoms with van der Waals surface area (Å²) in [5, 5.41) is 6.73. The highest BCUT2D eigenvalue weighted by molar-refractivity contribution is 5.92. The Morgan fingerprint density at radius 2 is 2.07 bits per heavy atom. The average molecular weight is 368 g/mol. The van der Waals surface area contributed by atoms with E-state index in [1.54, 1.807) is 12.4 Å². The Morgan fingerprint density at radius 3 is 2.85 bits per heavy atom. The first-order valence-corrected chi connectivity index (χ1v) is 9.53. The normalized spacial score (nSPS) is 21.9. The summed E-state index contributed by atoms with van der Waals surface area (Å²) in [7, 11) is 0. The highest BCUT2D eigenvalue weighted by atomic mass is 16.2. The molecule has 5 rings (SSSR count). The van der Waals surface area contributed by atoms with Crippen LogP contribution in [0.1, 0.15) is 41.7 Å². The number of piperidine rings is 1. The van der Waals surface area contributed by atoms with E-state index in [1.165, 1.54) is 12.4 Å². The molecule has 0 spiro atoms. The molecule has 2 bridgehead atoms. The molecule has 0 saturated carbocycles. The van der Waals surface area contributed by atoms with Crippen LogP contribution >= 0.6 is 0 Å². The number of nitrogens with zero attached hydrogens (tertiary/aromatic N) is 5. The zero-order valence-electron chi connectivity index (χ0n) is 15.3. The van der Waals surface area contributed by atoms with Crippen LogP contribution in [-0.2, 0) is 11.2 Å². The van der Waals surface area contributed by atoms with Crippen molar-refractivity contribution in [1.82, 2.24) is 30.0 Å². The molecule has 3 aliphatic rings. The fraction of sp³-hybridized carbons (Fsp3) is 0.526. The molecule has 0 aromatic carbocycles. The van der Waals surface area contributed by atoms with Gasteiger partial charge in [0.25, 0.3) is 5.91 Å². The molecule has 3 saturated heterocycles. The highest BCUT2D eigenvalue weighted by Crippen LogP contribution is 2.29. The Hall–Kier alpha value is -2.77. The van der Waals surface area contributed by atoms with Crippen molar-refractivity contribution >= 4 is 11.8 Å². The molecule has 3 aliphatic heterocycles. The van der Waals surface area contributed by atoms with Crippen LogP contribution in [0.25, 0.3) is 0 Å². The molecule has 142 valence electrons. The summed E-state index contributed by atoms with van der Waals surface area (Å²) >= 11 is 0. The molecule has 0 aliphatic carbocycles. The predicted molar refractivity (Wildman–Crippen MR) is 97.7 cm³/mol. The van der Waals surface area contributed by atoms with E-state index in [1.807, 2.05) is 16.0 Å². The van der Waals surface area contributed by atoms with Gasteiger partial charge >= 0.3 is 0 Å². The van der Waals surface area contributed by atoms with Gasteiger partial charge in [-0.1, -0.05) is 0 Å². The minimum absolute atomic E-state index is 0.0887. The summed E-state index contributed by atoms with van der Waals surface area (Å²) in [6.45, 7) is 2.02. The maximum Gasteiger partial charge on any atom is 0.274 e. The van der Waals surface area contributed by atoms with E-state index >= 15 is 0 Å². The van der Waals surface area contributed by atoms with Gasteiger partial charge in [0.1, 0.15) is 5.69 Å². The number of carbonyl (C=O) groups is 2. The molecule has 5 heterocycles. The lowest BCUT2D eigenvalue weighted by Gasteiger charge is -2.36. The molecule has 2 aromatic heterocycles. The maximum absolute atomic E-state index is 12.8. The lowest BCUT2D eigenvalue weighted by Crippen LogP contribution is -2.47. The third-order valence-corrected chi connectivity index (χ3v) is 5.51. The van der Waals surface area contributed by atoms with E-state index < -0.39 is 0 Å². The van der Waals surface area contributed by atoms with Gasteiger partial charge in [-0.3, -0.25) is 19.7 Å². The zero-order valence-corrected chi connectivity index (χ0v) is 15.3. The number of hydrogen-bond donors (Lipinski definition) is 1. The van der Waals surface area contributed by atoms with Crippen molar-refractivity contribution < 1.29 is 9.59 Å². The molecule has 0 radical (unpaired) electrons. The van der Waals surface area contributed by atoms with Gasteiger partial charge in [-0.25, -0.2) is 4.98 Å². The Labute approximate surface area is 158 Å². The summed E-state index contributed by atoms with van der Waals surface area (Å²) in [4.78, 5) is 37.5. The van der Waals surface area contributed by atoms with Crippen molar-refractivity contribution in [2.75, 3.05) is 19.6 Å². The van der Waals surface area contributed by atoms with Crippen molar-refractivity contribution in [2.24, 2.45) is 5.92 Å². The molecule has 0 unspecified atom stereocenters. The molecule has 8 nitrogen and oxygen atoms in total. The van der Waals surface area contributed by atoms with E-state index in [4.69, 9.17) is 0 Å². The summed E-state index contributed by atoms with van der Waals surface area (Å²) in [6.07, 6.45) is 12.5. The van der Waals surface area contributed by atoms with Gasteiger partial charge < -0.3 is 9.80 Å². The number of aromatic amines is 1. The number of amides is 2. The van der Waals surface area contributed by atoms with Crippen molar-refractivity contribution in [3.63, 3.8) is 0 Å². The number of carbonyl (C=O) groups excluding carboxylic acids is 2. The van der Waals surface area contributed by atoms with Crippen LogP contribution in [0, 0.1) is 5.92 Å². The second-order valence-corrected chi connectivity index (χ2v) is 7.40. The van der Waals surface area contributed by atoms with Crippen LogP contribution in [0.3, 0.4) is 0 Å². The van der Waals surface area contributed by atoms with E-state index in [9.17, 15) is 9.59 Å². The van der Waals surface area contributed by atoms with Gasteiger partial charge in [0.05, 0.1) is 12.4 Å². The zero-order chi connectivity index (χ0) is 18.6. The molecule has 27 heavy (non-hydrogen) atoms. The van der Waals surface area contributed by atoms with Crippen LogP contribution in [-0.4, -0.2) is 67.5 Å². The third-order valence-electron chi connectivity index (χ3n) is 5.51. The van der Waals surface area contributed by atoms with Gasteiger partial charge in [0.15, 0.2) is 0 Å². The van der Waals surface area contributed by atoms with Crippen LogP contribution in [0.2, 0.25) is 0 Å². The van der Waals surface area contributed by atoms with E-state index in [0.29, 0.717) is 31.1 Å². The summed E-state index contributed by atoms with van der Waals surface area (Å²) in [5.41, 5.74) is 1.50. The third kappa shape index (κ3) is 3.99. The molecule has 2 aromatic rings. The highest BCUT2D eigenvalue weighted by Gasteiger charge is 2.38. The van der Waals surface area contributed by atoms with Crippen molar-refractivity contribution in [3.05, 3.63) is 42.2 Å². The largest absolute Gasteiger partial charge is 0.338 e. The average Bonchev–Trinajstić information content (AvgIpc) is 3.05. The Morgan fingerprint density at radius 1 is 1.15 bits per heavy atom. The first kappa shape index (κ1) is 17.6. The lowest BCUT2D eigenvalue weighted by atomic mass is 9.94. The van der Waals surface area contributed by atoms with Crippen LogP contribution < -0.4 is 0 Å². The molecule has 8 heteroatoms. The first-order valence-electron chi connectivity index (χ1n) is 9.53. The number of fused-ring (bicyclic) bond motifs is 4. The lowest BCUT2D eigenvalue weighted by molar-refractivity contribution is -0.135. The Bertz CT molecular complexity index is 779. The van der Waals surface area contributed by atoms with Gasteiger partial charge in [-0.05, 0) is 37.2 Å². The standard InChI is InChI=1S/C19H24N6O2/c26-18(3-1-2-14-8-22-23-9-14)25-12-15-4-5-16(25)13-24(11-15)19(27)17-10-20-6-7-21-17/h6-10,15-16H,1-5,11-13H2,(H,22,23)/t15-,16+/m0/s1. The quantitative estimate of drug-likeness (QED) is 0.858. The van der Waals surface area contributed by atoms with E-state index in [0.717, 1.165) is 37.8 Å². The minimum Gasteiger partial charge on any atom is -0.338 e. The summed E-state index contributed by atoms with van der Waals surface area (Å²) in [5.74, 6) is 0.443.